The van der Waals surface area contributed by atoms with Gasteiger partial charge in [0.05, 0.1) is 50.6 Å². The highest BCUT2D eigenvalue weighted by molar-refractivity contribution is 5.78. The first-order valence-corrected chi connectivity index (χ1v) is 8.95. The Balaban J connectivity index is 1.66. The Morgan fingerprint density at radius 1 is 1.00 bits per heavy atom. The third-order valence-corrected chi connectivity index (χ3v) is 4.30. The minimum absolute atomic E-state index is 0.0525. The molecule has 3 rings (SSSR count). The van der Waals surface area contributed by atoms with E-state index in [1.165, 1.54) is 19.2 Å². The van der Waals surface area contributed by atoms with Crippen molar-refractivity contribution in [1.29, 1.82) is 0 Å². The van der Waals surface area contributed by atoms with Crippen molar-refractivity contribution in [2.75, 3.05) is 21.3 Å². The van der Waals surface area contributed by atoms with E-state index in [1.807, 2.05) is 18.2 Å². The van der Waals surface area contributed by atoms with Gasteiger partial charge >= 0.3 is 0 Å². The number of nitrogens with zero attached hydrogens (tertiary/aromatic N) is 2. The number of benzene rings is 2. The summed E-state index contributed by atoms with van der Waals surface area (Å²) in [7, 11) is 4.62. The quantitative estimate of drug-likeness (QED) is 0.322. The van der Waals surface area contributed by atoms with Gasteiger partial charge in [0, 0.05) is 6.07 Å². The number of nitrogens with one attached hydrogen (secondary N) is 1. The number of nitro groups is 1. The maximum Gasteiger partial charge on any atom is 0.273 e. The van der Waals surface area contributed by atoms with Gasteiger partial charge in [0.2, 0.25) is 0 Å². The highest BCUT2D eigenvalue weighted by Crippen LogP contribution is 2.34. The Morgan fingerprint density at radius 2 is 1.77 bits per heavy atom. The van der Waals surface area contributed by atoms with Gasteiger partial charge < -0.3 is 24.1 Å². The van der Waals surface area contributed by atoms with E-state index in [0.29, 0.717) is 40.9 Å². The lowest BCUT2D eigenvalue weighted by Crippen LogP contribution is -2.05. The Kier molecular flexibility index (Phi) is 6.53. The molecule has 1 N–H and O–H groups in total. The van der Waals surface area contributed by atoms with Crippen LogP contribution >= 0.6 is 0 Å². The minimum atomic E-state index is -0.476. The molecule has 0 saturated carbocycles. The van der Waals surface area contributed by atoms with Gasteiger partial charge in [0.1, 0.15) is 17.3 Å². The summed E-state index contributed by atoms with van der Waals surface area (Å²) >= 11 is 0. The number of hydrogen-bond donors (Lipinski definition) is 1. The molecular formula is C21H21N3O6. The molecule has 0 aliphatic carbocycles. The Hall–Kier alpha value is -4.01. The Labute approximate surface area is 173 Å². The van der Waals surface area contributed by atoms with Crippen LogP contribution in [0, 0.1) is 10.1 Å². The third-order valence-electron chi connectivity index (χ3n) is 4.30. The van der Waals surface area contributed by atoms with E-state index in [2.05, 4.69) is 10.5 Å². The lowest BCUT2D eigenvalue weighted by molar-refractivity contribution is -0.384. The van der Waals surface area contributed by atoms with Crippen LogP contribution in [0.3, 0.4) is 0 Å². The average Bonchev–Trinajstić information content (AvgIpc) is 3.24. The van der Waals surface area contributed by atoms with E-state index in [4.69, 9.17) is 18.6 Å². The lowest BCUT2D eigenvalue weighted by atomic mass is 10.1. The number of hydrazone groups is 1. The molecule has 0 aliphatic heterocycles. The molecule has 0 aliphatic rings. The monoisotopic (exact) mass is 411 g/mol. The van der Waals surface area contributed by atoms with Crippen LogP contribution in [-0.2, 0) is 6.54 Å². The van der Waals surface area contributed by atoms with Gasteiger partial charge in [-0.05, 0) is 35.9 Å². The second kappa shape index (κ2) is 9.46. The van der Waals surface area contributed by atoms with Crippen molar-refractivity contribution in [3.05, 3.63) is 70.0 Å². The first kappa shape index (κ1) is 20.7. The maximum absolute atomic E-state index is 10.9. The van der Waals surface area contributed by atoms with Crippen LogP contribution in [0.1, 0.15) is 11.3 Å². The van der Waals surface area contributed by atoms with Gasteiger partial charge in [-0.3, -0.25) is 10.1 Å². The SMILES string of the molecule is COc1ccc(CN/N=C\c2ccc(-c3ccc([N+](=O)[O-])cc3OC)o2)cc1OC. The first-order chi connectivity index (χ1) is 14.5. The van der Waals surface area contributed by atoms with Crippen molar-refractivity contribution >= 4 is 11.9 Å². The standard InChI is InChI=1S/C21H21N3O6/c1-27-19-8-4-14(10-21(19)29-3)12-22-23-13-16-6-9-18(30-16)17-7-5-15(24(25)26)11-20(17)28-2/h4-11,13,22H,12H2,1-3H3/b23-13-. The number of non-ortho nitro benzene ring substituents is 1. The van der Waals surface area contributed by atoms with E-state index in [1.54, 1.807) is 38.6 Å². The Morgan fingerprint density at radius 3 is 2.47 bits per heavy atom. The van der Waals surface area contributed by atoms with E-state index >= 15 is 0 Å². The fraction of sp³-hybridized carbons (Fsp3) is 0.190. The predicted octanol–water partition coefficient (Wildman–Crippen LogP) is 4.00. The molecule has 1 aromatic heterocycles. The summed E-state index contributed by atoms with van der Waals surface area (Å²) in [6.07, 6.45) is 1.54. The highest BCUT2D eigenvalue weighted by atomic mass is 16.6. The molecule has 30 heavy (non-hydrogen) atoms. The molecule has 0 radical (unpaired) electrons. The van der Waals surface area contributed by atoms with Gasteiger partial charge in [-0.2, -0.15) is 5.10 Å². The van der Waals surface area contributed by atoms with E-state index in [-0.39, 0.29) is 5.69 Å². The molecule has 9 nitrogen and oxygen atoms in total. The molecule has 0 saturated heterocycles. The molecule has 0 unspecified atom stereocenters. The summed E-state index contributed by atoms with van der Waals surface area (Å²) < 4.78 is 21.5. The van der Waals surface area contributed by atoms with Crippen molar-refractivity contribution in [2.24, 2.45) is 5.10 Å². The zero-order valence-corrected chi connectivity index (χ0v) is 16.7. The van der Waals surface area contributed by atoms with Crippen molar-refractivity contribution in [3.8, 4) is 28.6 Å². The molecule has 1 heterocycles. The number of nitro benzene ring substituents is 1. The second-order valence-electron chi connectivity index (χ2n) is 6.13. The molecule has 9 heteroatoms. The minimum Gasteiger partial charge on any atom is -0.496 e. The largest absolute Gasteiger partial charge is 0.496 e. The van der Waals surface area contributed by atoms with Crippen molar-refractivity contribution in [3.63, 3.8) is 0 Å². The zero-order chi connectivity index (χ0) is 21.5. The van der Waals surface area contributed by atoms with Crippen LogP contribution in [0.5, 0.6) is 17.2 Å². The summed E-state index contributed by atoms with van der Waals surface area (Å²) in [5.74, 6) is 2.70. The molecule has 156 valence electrons. The molecule has 0 spiro atoms. The fourth-order valence-electron chi connectivity index (χ4n) is 2.80. The van der Waals surface area contributed by atoms with Crippen molar-refractivity contribution in [1.82, 2.24) is 5.43 Å². The third kappa shape index (κ3) is 4.69. The summed E-state index contributed by atoms with van der Waals surface area (Å²) in [6.45, 7) is 0.487. The molecule has 0 amide bonds. The van der Waals surface area contributed by atoms with Gasteiger partial charge in [-0.25, -0.2) is 0 Å². The van der Waals surface area contributed by atoms with E-state index in [0.717, 1.165) is 5.56 Å². The summed E-state index contributed by atoms with van der Waals surface area (Å²) in [5.41, 5.74) is 4.48. The van der Waals surface area contributed by atoms with Crippen LogP contribution in [0.15, 0.2) is 58.0 Å². The second-order valence-corrected chi connectivity index (χ2v) is 6.13. The van der Waals surface area contributed by atoms with Gasteiger partial charge in [0.15, 0.2) is 11.5 Å². The number of hydrogen-bond acceptors (Lipinski definition) is 8. The maximum atomic E-state index is 10.9. The zero-order valence-electron chi connectivity index (χ0n) is 16.7. The van der Waals surface area contributed by atoms with Crippen LogP contribution in [0.4, 0.5) is 5.69 Å². The van der Waals surface area contributed by atoms with Gasteiger partial charge in [-0.15, -0.1) is 0 Å². The van der Waals surface area contributed by atoms with Crippen LogP contribution in [-0.4, -0.2) is 32.5 Å². The molecule has 0 atom stereocenters. The van der Waals surface area contributed by atoms with Crippen molar-refractivity contribution < 1.29 is 23.6 Å². The molecular weight excluding hydrogens is 390 g/mol. The lowest BCUT2D eigenvalue weighted by Gasteiger charge is -2.09. The van der Waals surface area contributed by atoms with Crippen LogP contribution < -0.4 is 19.6 Å². The number of rotatable bonds is 9. The normalized spacial score (nSPS) is 10.8. The summed E-state index contributed by atoms with van der Waals surface area (Å²) in [6, 6.07) is 13.5. The fourth-order valence-corrected chi connectivity index (χ4v) is 2.80. The van der Waals surface area contributed by atoms with E-state index in [9.17, 15) is 10.1 Å². The summed E-state index contributed by atoms with van der Waals surface area (Å²) in [4.78, 5) is 10.5. The number of ether oxygens (including phenoxy) is 3. The van der Waals surface area contributed by atoms with Crippen LogP contribution in [0.2, 0.25) is 0 Å². The van der Waals surface area contributed by atoms with Gasteiger partial charge in [-0.1, -0.05) is 6.07 Å². The number of methoxy groups -OCH3 is 3. The molecule has 2 aromatic carbocycles. The first-order valence-electron chi connectivity index (χ1n) is 8.95. The summed E-state index contributed by atoms with van der Waals surface area (Å²) in [5, 5.41) is 15.1. The predicted molar refractivity (Wildman–Crippen MR) is 111 cm³/mol. The van der Waals surface area contributed by atoms with Crippen LogP contribution in [0.25, 0.3) is 11.3 Å². The molecule has 0 bridgehead atoms. The average molecular weight is 411 g/mol. The highest BCUT2D eigenvalue weighted by Gasteiger charge is 2.15. The van der Waals surface area contributed by atoms with E-state index < -0.39 is 4.92 Å². The molecule has 3 aromatic rings. The number of furan rings is 1. The van der Waals surface area contributed by atoms with Gasteiger partial charge in [0.25, 0.3) is 5.69 Å². The van der Waals surface area contributed by atoms with Crippen molar-refractivity contribution in [2.45, 2.75) is 6.54 Å². The smallest absolute Gasteiger partial charge is 0.273 e. The Bertz CT molecular complexity index is 1060. The molecule has 0 fully saturated rings. The topological polar surface area (TPSA) is 108 Å².